The van der Waals surface area contributed by atoms with Gasteiger partial charge in [0.15, 0.2) is 0 Å². The van der Waals surface area contributed by atoms with Crippen LogP contribution in [0.15, 0.2) is 52.9 Å². The number of hydrogen-bond acceptors (Lipinski definition) is 4. The predicted octanol–water partition coefficient (Wildman–Crippen LogP) is 5.61. The lowest BCUT2D eigenvalue weighted by atomic mass is 10.0. The van der Waals surface area contributed by atoms with E-state index in [1.807, 2.05) is 0 Å². The van der Waals surface area contributed by atoms with Crippen LogP contribution in [0.5, 0.6) is 0 Å². The minimum atomic E-state index is 0. The third-order valence-electron chi connectivity index (χ3n) is 4.47. The maximum absolute atomic E-state index is 4.64. The summed E-state index contributed by atoms with van der Waals surface area (Å²) in [5, 5.41) is 7.51. The molecule has 0 radical (unpaired) electrons. The lowest BCUT2D eigenvalue weighted by Gasteiger charge is -2.03. The van der Waals surface area contributed by atoms with Crippen molar-refractivity contribution in [2.24, 2.45) is 5.10 Å². The molecule has 2 aromatic carbocycles. The summed E-state index contributed by atoms with van der Waals surface area (Å²) in [6.07, 6.45) is 2.07. The fraction of sp³-hybridized carbons (Fsp3) is 0.200. The number of thiazole rings is 1. The quantitative estimate of drug-likeness (QED) is 0.609. The molecule has 1 aliphatic rings. The number of rotatable bonds is 3. The molecule has 0 unspecified atom stereocenters. The standard InChI is InChI=1S/C20H19N3S.ClH/c1-13-6-8-15(9-7-13)19-12-24-20(21-19)23-22-18-11-10-16-14(2)4-3-5-17(16)18;/h3-9,12H,10-11H2,1-2H3,(H,21,23);1H/b22-18+;. The average molecular weight is 370 g/mol. The number of anilines is 1. The molecule has 128 valence electrons. The van der Waals surface area contributed by atoms with Gasteiger partial charge in [-0.2, -0.15) is 5.10 Å². The van der Waals surface area contributed by atoms with E-state index in [1.54, 1.807) is 11.3 Å². The monoisotopic (exact) mass is 369 g/mol. The van der Waals surface area contributed by atoms with Gasteiger partial charge in [-0.1, -0.05) is 48.0 Å². The lowest BCUT2D eigenvalue weighted by Crippen LogP contribution is -2.00. The number of halogens is 1. The van der Waals surface area contributed by atoms with Gasteiger partial charge in [0.1, 0.15) is 0 Å². The van der Waals surface area contributed by atoms with Crippen molar-refractivity contribution in [1.29, 1.82) is 0 Å². The smallest absolute Gasteiger partial charge is 0.203 e. The van der Waals surface area contributed by atoms with Crippen LogP contribution in [-0.4, -0.2) is 10.7 Å². The molecule has 3 aromatic rings. The lowest BCUT2D eigenvalue weighted by molar-refractivity contribution is 1.07. The summed E-state index contributed by atoms with van der Waals surface area (Å²) in [6, 6.07) is 14.9. The molecule has 4 rings (SSSR count). The highest BCUT2D eigenvalue weighted by Crippen LogP contribution is 2.27. The van der Waals surface area contributed by atoms with Crippen molar-refractivity contribution >= 4 is 34.6 Å². The molecule has 1 heterocycles. The van der Waals surface area contributed by atoms with Gasteiger partial charge in [0, 0.05) is 16.5 Å². The molecule has 1 aliphatic carbocycles. The summed E-state index contributed by atoms with van der Waals surface area (Å²) in [4.78, 5) is 4.64. The van der Waals surface area contributed by atoms with Crippen LogP contribution < -0.4 is 5.43 Å². The highest BCUT2D eigenvalue weighted by molar-refractivity contribution is 7.14. The number of aromatic nitrogens is 1. The van der Waals surface area contributed by atoms with Crippen molar-refractivity contribution < 1.29 is 0 Å². The Hall–Kier alpha value is -2.17. The van der Waals surface area contributed by atoms with Crippen LogP contribution in [0.3, 0.4) is 0 Å². The molecule has 0 bridgehead atoms. The van der Waals surface area contributed by atoms with Crippen molar-refractivity contribution in [1.82, 2.24) is 4.98 Å². The zero-order chi connectivity index (χ0) is 16.5. The highest BCUT2D eigenvalue weighted by atomic mass is 35.5. The zero-order valence-electron chi connectivity index (χ0n) is 14.2. The Balaban J connectivity index is 0.00000182. The Morgan fingerprint density at radius 2 is 1.84 bits per heavy atom. The summed E-state index contributed by atoms with van der Waals surface area (Å²) in [5.41, 5.74) is 11.7. The van der Waals surface area contributed by atoms with Crippen molar-refractivity contribution in [2.45, 2.75) is 26.7 Å². The second-order valence-corrected chi connectivity index (χ2v) is 7.03. The maximum atomic E-state index is 4.64. The van der Waals surface area contributed by atoms with E-state index in [4.69, 9.17) is 0 Å². The van der Waals surface area contributed by atoms with Crippen molar-refractivity contribution in [3.63, 3.8) is 0 Å². The average Bonchev–Trinajstić information content (AvgIpc) is 3.21. The highest BCUT2D eigenvalue weighted by Gasteiger charge is 2.19. The zero-order valence-corrected chi connectivity index (χ0v) is 15.9. The first kappa shape index (κ1) is 17.6. The van der Waals surface area contributed by atoms with Gasteiger partial charge in [-0.05, 0) is 37.8 Å². The molecule has 1 N–H and O–H groups in total. The minimum absolute atomic E-state index is 0. The predicted molar refractivity (Wildman–Crippen MR) is 109 cm³/mol. The van der Waals surface area contributed by atoms with Crippen molar-refractivity contribution in [3.05, 3.63) is 70.1 Å². The summed E-state index contributed by atoms with van der Waals surface area (Å²) < 4.78 is 0. The molecule has 25 heavy (non-hydrogen) atoms. The van der Waals surface area contributed by atoms with Crippen LogP contribution in [0.4, 0.5) is 5.13 Å². The van der Waals surface area contributed by atoms with Crippen LogP contribution in [0, 0.1) is 13.8 Å². The Kier molecular flexibility index (Phi) is 5.21. The summed E-state index contributed by atoms with van der Waals surface area (Å²) in [5.74, 6) is 0. The first-order valence-corrected chi connectivity index (χ1v) is 9.03. The van der Waals surface area contributed by atoms with E-state index in [9.17, 15) is 0 Å². The van der Waals surface area contributed by atoms with Crippen LogP contribution >= 0.6 is 23.7 Å². The number of nitrogens with one attached hydrogen (secondary N) is 1. The first-order valence-electron chi connectivity index (χ1n) is 8.15. The summed E-state index contributed by atoms with van der Waals surface area (Å²) in [6.45, 7) is 4.26. The van der Waals surface area contributed by atoms with Crippen LogP contribution in [0.2, 0.25) is 0 Å². The first-order chi connectivity index (χ1) is 11.7. The number of aryl methyl sites for hydroxylation is 2. The van der Waals surface area contributed by atoms with Gasteiger partial charge in [-0.3, -0.25) is 5.43 Å². The molecule has 0 fully saturated rings. The van der Waals surface area contributed by atoms with E-state index in [0.717, 1.165) is 34.9 Å². The molecule has 0 amide bonds. The van der Waals surface area contributed by atoms with Gasteiger partial charge in [0.2, 0.25) is 5.13 Å². The second kappa shape index (κ2) is 7.38. The Labute approximate surface area is 158 Å². The van der Waals surface area contributed by atoms with Gasteiger partial charge in [0.25, 0.3) is 0 Å². The molecular weight excluding hydrogens is 350 g/mol. The molecule has 0 saturated heterocycles. The molecule has 3 nitrogen and oxygen atoms in total. The molecule has 0 aliphatic heterocycles. The Morgan fingerprint density at radius 1 is 1.04 bits per heavy atom. The topological polar surface area (TPSA) is 37.3 Å². The molecule has 1 aromatic heterocycles. The number of nitrogens with zero attached hydrogens (tertiary/aromatic N) is 2. The van der Waals surface area contributed by atoms with Crippen LogP contribution in [0.25, 0.3) is 11.3 Å². The third-order valence-corrected chi connectivity index (χ3v) is 5.22. The van der Waals surface area contributed by atoms with Gasteiger partial charge in [-0.15, -0.1) is 23.7 Å². The molecule has 0 atom stereocenters. The summed E-state index contributed by atoms with van der Waals surface area (Å²) in [7, 11) is 0. The van der Waals surface area contributed by atoms with E-state index < -0.39 is 0 Å². The van der Waals surface area contributed by atoms with E-state index in [-0.39, 0.29) is 12.4 Å². The maximum Gasteiger partial charge on any atom is 0.203 e. The van der Waals surface area contributed by atoms with Gasteiger partial charge in [0.05, 0.1) is 11.4 Å². The van der Waals surface area contributed by atoms with Gasteiger partial charge in [-0.25, -0.2) is 4.98 Å². The number of hydrazone groups is 1. The Bertz CT molecular complexity index is 913. The van der Waals surface area contributed by atoms with Crippen LogP contribution in [0.1, 0.15) is 28.7 Å². The normalized spacial score (nSPS) is 14.2. The molecule has 5 heteroatoms. The number of hydrogen-bond donors (Lipinski definition) is 1. The van der Waals surface area contributed by atoms with E-state index in [1.165, 1.54) is 22.3 Å². The SMILES string of the molecule is Cc1ccc(-c2csc(N/N=C3\CCc4c(C)cccc43)n2)cc1.Cl. The fourth-order valence-corrected chi connectivity index (χ4v) is 3.76. The van der Waals surface area contributed by atoms with Crippen molar-refractivity contribution in [2.75, 3.05) is 5.43 Å². The molecule has 0 saturated carbocycles. The van der Waals surface area contributed by atoms with E-state index in [2.05, 4.69) is 77.2 Å². The number of fused-ring (bicyclic) bond motifs is 1. The van der Waals surface area contributed by atoms with Gasteiger partial charge >= 0.3 is 0 Å². The third kappa shape index (κ3) is 3.60. The van der Waals surface area contributed by atoms with E-state index >= 15 is 0 Å². The number of benzene rings is 2. The van der Waals surface area contributed by atoms with Gasteiger partial charge < -0.3 is 0 Å². The Morgan fingerprint density at radius 3 is 2.64 bits per heavy atom. The van der Waals surface area contributed by atoms with E-state index in [0.29, 0.717) is 0 Å². The second-order valence-electron chi connectivity index (χ2n) is 6.18. The largest absolute Gasteiger partial charge is 0.252 e. The fourth-order valence-electron chi connectivity index (χ4n) is 3.10. The van der Waals surface area contributed by atoms with Crippen LogP contribution in [-0.2, 0) is 6.42 Å². The summed E-state index contributed by atoms with van der Waals surface area (Å²) >= 11 is 1.59. The molecule has 0 spiro atoms. The minimum Gasteiger partial charge on any atom is -0.252 e. The molecular formula is C20H20ClN3S. The van der Waals surface area contributed by atoms with Crippen molar-refractivity contribution in [3.8, 4) is 11.3 Å².